The highest BCUT2D eigenvalue weighted by atomic mass is 16.6. The zero-order valence-corrected chi connectivity index (χ0v) is 13.2. The number of carbonyl (C=O) groups excluding carboxylic acids is 1. The van der Waals surface area contributed by atoms with Gasteiger partial charge in [-0.3, -0.25) is 0 Å². The molecule has 0 bridgehead atoms. The van der Waals surface area contributed by atoms with Crippen molar-refractivity contribution in [3.05, 3.63) is 30.3 Å². The fraction of sp³-hybridized carbons (Fsp3) is 0.375. The Bertz CT molecular complexity index is 632. The fourth-order valence-corrected chi connectivity index (χ4v) is 2.04. The lowest BCUT2D eigenvalue weighted by Gasteiger charge is -2.13. The van der Waals surface area contributed by atoms with Gasteiger partial charge in [-0.05, 0) is 18.6 Å². The van der Waals surface area contributed by atoms with Crippen LogP contribution in [0.15, 0.2) is 30.3 Å². The molecule has 0 atom stereocenters. The molecule has 6 nitrogen and oxygen atoms in total. The van der Waals surface area contributed by atoms with E-state index in [-0.39, 0.29) is 0 Å². The summed E-state index contributed by atoms with van der Waals surface area (Å²) in [5.74, 6) is 0.291. The summed E-state index contributed by atoms with van der Waals surface area (Å²) in [6.45, 7) is 2.42. The summed E-state index contributed by atoms with van der Waals surface area (Å²) in [4.78, 5) is 14.1. The molecule has 2 aromatic rings. The van der Waals surface area contributed by atoms with E-state index in [9.17, 15) is 4.79 Å². The molecule has 0 fully saturated rings. The van der Waals surface area contributed by atoms with Crippen molar-refractivity contribution in [2.24, 2.45) is 0 Å². The number of rotatable bonds is 5. The van der Waals surface area contributed by atoms with Crippen LogP contribution in [0, 0.1) is 0 Å². The third-order valence-corrected chi connectivity index (χ3v) is 3.30. The second-order valence-electron chi connectivity index (χ2n) is 5.28. The normalized spacial score (nSPS) is 10.5. The van der Waals surface area contributed by atoms with Gasteiger partial charge in [-0.15, -0.1) is 5.10 Å². The minimum atomic E-state index is -0.503. The van der Waals surface area contributed by atoms with E-state index >= 15 is 0 Å². The maximum atomic E-state index is 12.1. The van der Waals surface area contributed by atoms with Crippen LogP contribution in [-0.4, -0.2) is 36.6 Å². The van der Waals surface area contributed by atoms with Gasteiger partial charge in [0, 0.05) is 31.4 Å². The Kier molecular flexibility index (Phi) is 5.04. The number of aromatic nitrogens is 2. The fourth-order valence-electron chi connectivity index (χ4n) is 2.04. The van der Waals surface area contributed by atoms with E-state index in [2.05, 4.69) is 5.10 Å². The van der Waals surface area contributed by atoms with Crippen LogP contribution >= 0.6 is 0 Å². The topological polar surface area (TPSA) is 73.4 Å². The first-order chi connectivity index (χ1) is 10.5. The maximum absolute atomic E-state index is 12.1. The monoisotopic (exact) mass is 302 g/mol. The van der Waals surface area contributed by atoms with Crippen molar-refractivity contribution in [1.29, 1.82) is 0 Å². The third-order valence-electron chi connectivity index (χ3n) is 3.30. The van der Waals surface area contributed by atoms with Gasteiger partial charge in [-0.25, -0.2) is 4.79 Å². The lowest BCUT2D eigenvalue weighted by molar-refractivity contribution is 0.143. The zero-order chi connectivity index (χ0) is 16.1. The van der Waals surface area contributed by atoms with Crippen LogP contribution in [0.3, 0.4) is 0 Å². The molecule has 1 aromatic heterocycles. The summed E-state index contributed by atoms with van der Waals surface area (Å²) in [6, 6.07) is 9.49. The van der Waals surface area contributed by atoms with Crippen LogP contribution in [0.4, 0.5) is 16.3 Å². The van der Waals surface area contributed by atoms with E-state index in [4.69, 9.17) is 10.5 Å². The Morgan fingerprint density at radius 1 is 1.32 bits per heavy atom. The van der Waals surface area contributed by atoms with Crippen LogP contribution in [0.5, 0.6) is 0 Å². The second-order valence-corrected chi connectivity index (χ2v) is 5.28. The SMILES string of the molecule is CCCCOC(=O)n1nc(N)cc1-c1ccc(N(C)C)cc1. The minimum absolute atomic E-state index is 0.291. The van der Waals surface area contributed by atoms with Crippen molar-refractivity contribution in [1.82, 2.24) is 9.78 Å². The first-order valence-corrected chi connectivity index (χ1v) is 7.33. The Morgan fingerprint density at radius 2 is 2.00 bits per heavy atom. The van der Waals surface area contributed by atoms with Crippen LogP contribution in [0.1, 0.15) is 19.8 Å². The van der Waals surface area contributed by atoms with Gasteiger partial charge in [0.1, 0.15) is 5.82 Å². The van der Waals surface area contributed by atoms with Crippen molar-refractivity contribution in [2.75, 3.05) is 31.3 Å². The molecule has 0 unspecified atom stereocenters. The number of nitrogens with two attached hydrogens (primary N) is 1. The van der Waals surface area contributed by atoms with Crippen LogP contribution in [0.2, 0.25) is 0 Å². The predicted octanol–water partition coefficient (Wildman–Crippen LogP) is 2.98. The maximum Gasteiger partial charge on any atom is 0.435 e. The largest absolute Gasteiger partial charge is 0.448 e. The number of nitrogens with zero attached hydrogens (tertiary/aromatic N) is 3. The first-order valence-electron chi connectivity index (χ1n) is 7.33. The number of nitrogen functional groups attached to an aromatic ring is 1. The van der Waals surface area contributed by atoms with Crippen molar-refractivity contribution >= 4 is 17.6 Å². The lowest BCUT2D eigenvalue weighted by Crippen LogP contribution is -2.17. The second kappa shape index (κ2) is 6.98. The zero-order valence-electron chi connectivity index (χ0n) is 13.2. The van der Waals surface area contributed by atoms with Gasteiger partial charge >= 0.3 is 6.09 Å². The number of hydrogen-bond donors (Lipinski definition) is 1. The van der Waals surface area contributed by atoms with Crippen molar-refractivity contribution < 1.29 is 9.53 Å². The molecule has 0 aliphatic carbocycles. The van der Waals surface area contributed by atoms with Gasteiger partial charge in [-0.1, -0.05) is 25.5 Å². The number of anilines is 2. The highest BCUT2D eigenvalue weighted by Crippen LogP contribution is 2.24. The summed E-state index contributed by atoms with van der Waals surface area (Å²) in [5, 5.41) is 4.03. The summed E-state index contributed by atoms with van der Waals surface area (Å²) in [5.41, 5.74) is 8.31. The molecule has 1 aromatic carbocycles. The summed E-state index contributed by atoms with van der Waals surface area (Å²) < 4.78 is 6.42. The molecular formula is C16H22N4O2. The molecule has 0 amide bonds. The van der Waals surface area contributed by atoms with E-state index in [1.807, 2.05) is 50.2 Å². The smallest absolute Gasteiger partial charge is 0.435 e. The molecule has 0 saturated heterocycles. The van der Waals surface area contributed by atoms with Crippen molar-refractivity contribution in [2.45, 2.75) is 19.8 Å². The van der Waals surface area contributed by atoms with Crippen molar-refractivity contribution in [3.8, 4) is 11.3 Å². The summed E-state index contributed by atoms with van der Waals surface area (Å²) >= 11 is 0. The standard InChI is InChI=1S/C16H22N4O2/c1-4-5-10-22-16(21)20-14(11-15(17)18-20)12-6-8-13(9-7-12)19(2)3/h6-9,11H,4-5,10H2,1-3H3,(H2,17,18). The van der Waals surface area contributed by atoms with Gasteiger partial charge in [0.25, 0.3) is 0 Å². The Balaban J connectivity index is 2.25. The molecule has 0 radical (unpaired) electrons. The molecule has 118 valence electrons. The molecule has 6 heteroatoms. The predicted molar refractivity (Wildman–Crippen MR) is 88.1 cm³/mol. The quantitative estimate of drug-likeness (QED) is 0.860. The van der Waals surface area contributed by atoms with Crippen LogP contribution < -0.4 is 10.6 Å². The van der Waals surface area contributed by atoms with E-state index in [1.165, 1.54) is 4.68 Å². The number of carbonyl (C=O) groups is 1. The van der Waals surface area contributed by atoms with E-state index in [0.717, 1.165) is 24.1 Å². The highest BCUT2D eigenvalue weighted by molar-refractivity contribution is 5.79. The van der Waals surface area contributed by atoms with Crippen LogP contribution in [0.25, 0.3) is 11.3 Å². The Hall–Kier alpha value is -2.50. The molecular weight excluding hydrogens is 280 g/mol. The number of benzene rings is 1. The summed E-state index contributed by atoms with van der Waals surface area (Å²) in [7, 11) is 3.95. The van der Waals surface area contributed by atoms with Crippen LogP contribution in [-0.2, 0) is 4.74 Å². The van der Waals surface area contributed by atoms with Gasteiger partial charge < -0.3 is 15.4 Å². The highest BCUT2D eigenvalue weighted by Gasteiger charge is 2.16. The molecule has 0 aliphatic rings. The van der Waals surface area contributed by atoms with E-state index in [0.29, 0.717) is 18.1 Å². The average Bonchev–Trinajstić information content (AvgIpc) is 2.89. The summed E-state index contributed by atoms with van der Waals surface area (Å²) in [6.07, 6.45) is 1.29. The molecule has 0 aliphatic heterocycles. The number of hydrogen-bond acceptors (Lipinski definition) is 5. The first kappa shape index (κ1) is 15.9. The molecule has 22 heavy (non-hydrogen) atoms. The molecule has 2 rings (SSSR count). The molecule has 2 N–H and O–H groups in total. The minimum Gasteiger partial charge on any atom is -0.448 e. The van der Waals surface area contributed by atoms with E-state index < -0.39 is 6.09 Å². The molecule has 0 saturated carbocycles. The Morgan fingerprint density at radius 3 is 2.59 bits per heavy atom. The van der Waals surface area contributed by atoms with Gasteiger partial charge in [0.15, 0.2) is 0 Å². The number of ether oxygens (including phenoxy) is 1. The van der Waals surface area contributed by atoms with Gasteiger partial charge in [0.2, 0.25) is 0 Å². The van der Waals surface area contributed by atoms with Gasteiger partial charge in [-0.2, -0.15) is 4.68 Å². The van der Waals surface area contributed by atoms with E-state index in [1.54, 1.807) is 6.07 Å². The average molecular weight is 302 g/mol. The lowest BCUT2D eigenvalue weighted by atomic mass is 10.1. The molecule has 0 spiro atoms. The van der Waals surface area contributed by atoms with Gasteiger partial charge in [0.05, 0.1) is 12.3 Å². The van der Waals surface area contributed by atoms with Crippen molar-refractivity contribution in [3.63, 3.8) is 0 Å². The molecule has 1 heterocycles. The number of unbranched alkanes of at least 4 members (excludes halogenated alkanes) is 1. The Labute approximate surface area is 130 Å². The third kappa shape index (κ3) is 3.58.